The number of piperazine rings is 1. The van der Waals surface area contributed by atoms with E-state index in [1.807, 2.05) is 26.8 Å². The lowest BCUT2D eigenvalue weighted by Crippen LogP contribution is -2.62. The SMILES string of the molecule is CCOCCOCCOCCOCCOCCNC(=O)CCCNC(=O)Cn1cc(C(=O)N2CCN(C(=O)c3cn4nc(-c5ccc(F)cc5)cc(C(C)(C)C)c4n3)C(C)(C)C2)nn1. The normalized spacial score (nSPS) is 14.0. The van der Waals surface area contributed by atoms with Gasteiger partial charge in [0.15, 0.2) is 11.3 Å². The summed E-state index contributed by atoms with van der Waals surface area (Å²) in [4.78, 5) is 60.5. The Morgan fingerprint density at radius 1 is 0.781 bits per heavy atom. The Bertz CT molecular complexity index is 2140. The quantitative estimate of drug-likeness (QED) is 0.0920. The highest BCUT2D eigenvalue weighted by atomic mass is 19.1. The number of aromatic nitrogens is 6. The van der Waals surface area contributed by atoms with E-state index in [1.165, 1.54) is 23.0 Å². The summed E-state index contributed by atoms with van der Waals surface area (Å²) in [5.41, 5.74) is 1.97. The first kappa shape index (κ1) is 49.6. The summed E-state index contributed by atoms with van der Waals surface area (Å²) >= 11 is 0. The van der Waals surface area contributed by atoms with Gasteiger partial charge in [-0.15, -0.1) is 5.10 Å². The lowest BCUT2D eigenvalue weighted by molar-refractivity contribution is -0.123. The molecule has 0 saturated carbocycles. The number of benzene rings is 1. The third kappa shape index (κ3) is 14.8. The number of carbonyl (C=O) groups is 4. The fourth-order valence-corrected chi connectivity index (χ4v) is 6.93. The third-order valence-corrected chi connectivity index (χ3v) is 10.3. The molecular weight excluding hydrogens is 832 g/mol. The Morgan fingerprint density at radius 2 is 1.41 bits per heavy atom. The van der Waals surface area contributed by atoms with Gasteiger partial charge in [0.05, 0.1) is 83.1 Å². The maximum Gasteiger partial charge on any atom is 0.276 e. The van der Waals surface area contributed by atoms with Gasteiger partial charge in [-0.2, -0.15) is 5.10 Å². The van der Waals surface area contributed by atoms with Crippen molar-refractivity contribution in [3.63, 3.8) is 0 Å². The van der Waals surface area contributed by atoms with Crippen molar-refractivity contribution in [3.05, 3.63) is 65.5 Å². The number of amides is 4. The van der Waals surface area contributed by atoms with Crippen LogP contribution in [0, 0.1) is 5.82 Å². The summed E-state index contributed by atoms with van der Waals surface area (Å²) in [6.07, 6.45) is 3.70. The van der Waals surface area contributed by atoms with E-state index in [0.29, 0.717) is 90.4 Å². The second kappa shape index (κ2) is 24.0. The number of imidazole rings is 1. The molecule has 2 N–H and O–H groups in total. The summed E-state index contributed by atoms with van der Waals surface area (Å²) in [5, 5.41) is 18.3. The molecule has 5 rings (SSSR count). The molecule has 1 aromatic carbocycles. The maximum absolute atomic E-state index is 14.0. The first-order valence-corrected chi connectivity index (χ1v) is 21.8. The van der Waals surface area contributed by atoms with Gasteiger partial charge in [-0.1, -0.05) is 26.0 Å². The first-order valence-electron chi connectivity index (χ1n) is 21.8. The molecule has 3 aromatic heterocycles. The third-order valence-electron chi connectivity index (χ3n) is 10.3. The summed E-state index contributed by atoms with van der Waals surface area (Å²) in [5.74, 6) is -1.50. The van der Waals surface area contributed by atoms with Crippen molar-refractivity contribution in [1.29, 1.82) is 0 Å². The van der Waals surface area contributed by atoms with E-state index in [4.69, 9.17) is 33.8 Å². The molecule has 0 spiro atoms. The number of fused-ring (bicyclic) bond motifs is 1. The fourth-order valence-electron chi connectivity index (χ4n) is 6.93. The predicted octanol–water partition coefficient (Wildman–Crippen LogP) is 2.92. The number of rotatable bonds is 25. The fraction of sp³-hybridized carbons (Fsp3) is 0.591. The molecule has 0 unspecified atom stereocenters. The zero-order valence-corrected chi connectivity index (χ0v) is 37.9. The molecule has 64 heavy (non-hydrogen) atoms. The second-order valence-corrected chi connectivity index (χ2v) is 16.8. The van der Waals surface area contributed by atoms with Crippen molar-refractivity contribution in [1.82, 2.24) is 50.0 Å². The molecule has 0 aliphatic carbocycles. The molecule has 1 aliphatic heterocycles. The van der Waals surface area contributed by atoms with Gasteiger partial charge < -0.3 is 44.1 Å². The van der Waals surface area contributed by atoms with Crippen LogP contribution in [0.1, 0.15) is 80.9 Å². The van der Waals surface area contributed by atoms with E-state index in [2.05, 4.69) is 41.7 Å². The van der Waals surface area contributed by atoms with Crippen LogP contribution in [0.25, 0.3) is 16.9 Å². The van der Waals surface area contributed by atoms with E-state index in [1.54, 1.807) is 32.6 Å². The van der Waals surface area contributed by atoms with Crippen LogP contribution in [0.2, 0.25) is 0 Å². The van der Waals surface area contributed by atoms with E-state index >= 15 is 0 Å². The monoisotopic (exact) mass is 894 g/mol. The lowest BCUT2D eigenvalue weighted by atomic mass is 9.87. The van der Waals surface area contributed by atoms with Crippen molar-refractivity contribution >= 4 is 29.3 Å². The van der Waals surface area contributed by atoms with Crippen LogP contribution in [-0.2, 0) is 45.2 Å². The van der Waals surface area contributed by atoms with Crippen molar-refractivity contribution in [2.75, 3.05) is 98.8 Å². The molecule has 4 heterocycles. The summed E-state index contributed by atoms with van der Waals surface area (Å²) in [7, 11) is 0. The summed E-state index contributed by atoms with van der Waals surface area (Å²) in [6.45, 7) is 18.0. The molecule has 350 valence electrons. The molecule has 0 radical (unpaired) electrons. The highest BCUT2D eigenvalue weighted by Crippen LogP contribution is 2.31. The minimum Gasteiger partial charge on any atom is -0.379 e. The van der Waals surface area contributed by atoms with Crippen LogP contribution >= 0.6 is 0 Å². The second-order valence-electron chi connectivity index (χ2n) is 16.8. The van der Waals surface area contributed by atoms with Gasteiger partial charge in [0.25, 0.3) is 11.8 Å². The minimum absolute atomic E-state index is 0.0750. The smallest absolute Gasteiger partial charge is 0.276 e. The van der Waals surface area contributed by atoms with Crippen LogP contribution < -0.4 is 10.6 Å². The zero-order chi connectivity index (χ0) is 46.1. The summed E-state index contributed by atoms with van der Waals surface area (Å²) < 4.78 is 43.5. The Morgan fingerprint density at radius 3 is 2.03 bits per heavy atom. The van der Waals surface area contributed by atoms with Crippen molar-refractivity contribution in [3.8, 4) is 11.3 Å². The van der Waals surface area contributed by atoms with Crippen LogP contribution in [-0.4, -0.2) is 167 Å². The standard InChI is InChI=1S/C44H63FN10O9/c1-7-60-19-20-62-23-24-64-26-25-63-22-21-61-18-15-47-38(56)9-8-14-46-39(57)30-53-28-37(49-51-53)41(58)52-16-17-54(44(5,6)31-52)42(59)36-29-55-40(48-36)34(43(2,3)4)27-35(50-55)32-10-12-33(45)13-11-32/h10-13,27-29H,7-9,14-26,30-31H2,1-6H3,(H,46,57)(H,47,56). The number of nitrogens with zero attached hydrogens (tertiary/aromatic N) is 8. The molecule has 1 saturated heterocycles. The number of halogens is 1. The van der Waals surface area contributed by atoms with E-state index in [-0.39, 0.29) is 85.4 Å². The van der Waals surface area contributed by atoms with E-state index < -0.39 is 5.54 Å². The van der Waals surface area contributed by atoms with Gasteiger partial charge in [0.1, 0.15) is 18.1 Å². The molecule has 1 aliphatic rings. The highest BCUT2D eigenvalue weighted by molar-refractivity contribution is 5.95. The lowest BCUT2D eigenvalue weighted by Gasteiger charge is -2.46. The van der Waals surface area contributed by atoms with E-state index in [9.17, 15) is 23.6 Å². The van der Waals surface area contributed by atoms with Gasteiger partial charge in [-0.25, -0.2) is 18.6 Å². The Balaban J connectivity index is 0.977. The molecule has 0 atom stereocenters. The molecular formula is C44H63FN10O9. The van der Waals surface area contributed by atoms with Crippen LogP contribution in [0.15, 0.2) is 42.7 Å². The number of carbonyl (C=O) groups excluding carboxylic acids is 4. The zero-order valence-electron chi connectivity index (χ0n) is 37.9. The summed E-state index contributed by atoms with van der Waals surface area (Å²) in [6, 6.07) is 8.02. The van der Waals surface area contributed by atoms with Crippen molar-refractivity contribution in [2.24, 2.45) is 0 Å². The first-order chi connectivity index (χ1) is 30.7. The Kier molecular flexibility index (Phi) is 18.6. The highest BCUT2D eigenvalue weighted by Gasteiger charge is 2.40. The molecule has 4 aromatic rings. The minimum atomic E-state index is -0.770. The maximum atomic E-state index is 14.0. The van der Waals surface area contributed by atoms with Gasteiger partial charge in [0, 0.05) is 56.9 Å². The largest absolute Gasteiger partial charge is 0.379 e. The molecule has 4 amide bonds. The van der Waals surface area contributed by atoms with Crippen LogP contribution in [0.5, 0.6) is 0 Å². The van der Waals surface area contributed by atoms with Gasteiger partial charge in [-0.3, -0.25) is 19.2 Å². The topological polar surface area (TPSA) is 206 Å². The van der Waals surface area contributed by atoms with Crippen LogP contribution in [0.4, 0.5) is 4.39 Å². The molecule has 20 heteroatoms. The number of ether oxygens (including phenoxy) is 5. The van der Waals surface area contributed by atoms with Crippen molar-refractivity contribution < 1.29 is 47.3 Å². The number of hydrogen-bond acceptors (Lipinski definition) is 13. The Labute approximate surface area is 373 Å². The Hall–Kier alpha value is -5.41. The van der Waals surface area contributed by atoms with Gasteiger partial charge in [-0.05, 0) is 62.9 Å². The number of hydrogen-bond donors (Lipinski definition) is 2. The van der Waals surface area contributed by atoms with Gasteiger partial charge >= 0.3 is 0 Å². The average Bonchev–Trinajstić information content (AvgIpc) is 3.91. The van der Waals surface area contributed by atoms with Gasteiger partial charge in [0.2, 0.25) is 11.8 Å². The number of nitrogens with one attached hydrogen (secondary N) is 2. The van der Waals surface area contributed by atoms with E-state index in [0.717, 1.165) is 11.1 Å². The predicted molar refractivity (Wildman–Crippen MR) is 233 cm³/mol. The molecule has 0 bridgehead atoms. The average molecular weight is 895 g/mol. The molecule has 19 nitrogen and oxygen atoms in total. The van der Waals surface area contributed by atoms with Crippen LogP contribution in [0.3, 0.4) is 0 Å². The molecule has 1 fully saturated rings. The van der Waals surface area contributed by atoms with Crippen molar-refractivity contribution in [2.45, 2.75) is 71.9 Å².